The standard InChI is InChI=1S/C15H21N5O/c21-15-12-9-17-20(11-5-6-16-8-11)14(12)18-13(19-15)7-10-3-1-2-4-10/h9-11,16H,1-8H2,(H,18,19,21). The molecule has 1 aliphatic carbocycles. The molecule has 4 rings (SSSR count). The van der Waals surface area contributed by atoms with Crippen LogP contribution in [-0.4, -0.2) is 32.8 Å². The van der Waals surface area contributed by atoms with Gasteiger partial charge in [-0.3, -0.25) is 4.79 Å². The molecule has 1 aliphatic heterocycles. The van der Waals surface area contributed by atoms with Crippen molar-refractivity contribution in [2.24, 2.45) is 5.92 Å². The highest BCUT2D eigenvalue weighted by molar-refractivity contribution is 5.73. The Morgan fingerprint density at radius 3 is 2.90 bits per heavy atom. The molecule has 112 valence electrons. The first-order valence-electron chi connectivity index (χ1n) is 7.98. The molecule has 3 heterocycles. The molecular formula is C15H21N5O. The fourth-order valence-corrected chi connectivity index (χ4v) is 3.68. The monoisotopic (exact) mass is 287 g/mol. The lowest BCUT2D eigenvalue weighted by atomic mass is 10.0. The molecule has 21 heavy (non-hydrogen) atoms. The van der Waals surface area contributed by atoms with Crippen LogP contribution in [-0.2, 0) is 6.42 Å². The first-order chi connectivity index (χ1) is 10.3. The van der Waals surface area contributed by atoms with Crippen LogP contribution in [0.1, 0.15) is 44.0 Å². The Kier molecular flexibility index (Phi) is 3.25. The van der Waals surface area contributed by atoms with Gasteiger partial charge in [-0.25, -0.2) is 9.67 Å². The van der Waals surface area contributed by atoms with E-state index in [2.05, 4.69) is 15.4 Å². The van der Waals surface area contributed by atoms with Gasteiger partial charge in [0.25, 0.3) is 5.56 Å². The second-order valence-electron chi connectivity index (χ2n) is 6.34. The van der Waals surface area contributed by atoms with Crippen LogP contribution in [0.5, 0.6) is 0 Å². The number of hydrogen-bond donors (Lipinski definition) is 2. The lowest BCUT2D eigenvalue weighted by Gasteiger charge is -2.11. The topological polar surface area (TPSA) is 75.6 Å². The summed E-state index contributed by atoms with van der Waals surface area (Å²) in [6.45, 7) is 1.91. The first-order valence-corrected chi connectivity index (χ1v) is 7.98. The van der Waals surface area contributed by atoms with Gasteiger partial charge in [-0.05, 0) is 18.9 Å². The maximum absolute atomic E-state index is 12.2. The summed E-state index contributed by atoms with van der Waals surface area (Å²) < 4.78 is 1.93. The van der Waals surface area contributed by atoms with Crippen LogP contribution in [0.25, 0.3) is 11.0 Å². The normalized spacial score (nSPS) is 23.3. The van der Waals surface area contributed by atoms with Gasteiger partial charge < -0.3 is 10.3 Å². The molecular weight excluding hydrogens is 266 g/mol. The van der Waals surface area contributed by atoms with Gasteiger partial charge in [-0.2, -0.15) is 5.10 Å². The van der Waals surface area contributed by atoms with E-state index in [0.717, 1.165) is 37.4 Å². The Hall–Kier alpha value is -1.69. The van der Waals surface area contributed by atoms with E-state index in [4.69, 9.17) is 4.98 Å². The van der Waals surface area contributed by atoms with Crippen molar-refractivity contribution in [3.8, 4) is 0 Å². The Morgan fingerprint density at radius 1 is 1.29 bits per heavy atom. The van der Waals surface area contributed by atoms with Crippen molar-refractivity contribution < 1.29 is 0 Å². The molecule has 2 N–H and O–H groups in total. The highest BCUT2D eigenvalue weighted by Crippen LogP contribution is 2.27. The average Bonchev–Trinajstić information content (AvgIpc) is 3.19. The third kappa shape index (κ3) is 2.37. The molecule has 0 spiro atoms. The van der Waals surface area contributed by atoms with Gasteiger partial charge in [0.2, 0.25) is 0 Å². The van der Waals surface area contributed by atoms with E-state index in [-0.39, 0.29) is 5.56 Å². The Bertz CT molecular complexity index is 692. The average molecular weight is 287 g/mol. The highest BCUT2D eigenvalue weighted by atomic mass is 16.1. The van der Waals surface area contributed by atoms with Gasteiger partial charge in [0, 0.05) is 13.0 Å². The van der Waals surface area contributed by atoms with Crippen molar-refractivity contribution in [2.75, 3.05) is 13.1 Å². The molecule has 6 heteroatoms. The second kappa shape index (κ2) is 5.26. The molecule has 6 nitrogen and oxygen atoms in total. The third-order valence-electron chi connectivity index (χ3n) is 4.85. The van der Waals surface area contributed by atoms with Gasteiger partial charge >= 0.3 is 0 Å². The summed E-state index contributed by atoms with van der Waals surface area (Å²) in [4.78, 5) is 19.9. The van der Waals surface area contributed by atoms with Crippen LogP contribution in [0.15, 0.2) is 11.0 Å². The lowest BCUT2D eigenvalue weighted by Crippen LogP contribution is -2.18. The molecule has 2 aliphatic rings. The van der Waals surface area contributed by atoms with Crippen LogP contribution in [0.3, 0.4) is 0 Å². The van der Waals surface area contributed by atoms with E-state index >= 15 is 0 Å². The van der Waals surface area contributed by atoms with Gasteiger partial charge in [0.05, 0.1) is 12.2 Å². The van der Waals surface area contributed by atoms with Crippen molar-refractivity contribution in [1.82, 2.24) is 25.1 Å². The van der Waals surface area contributed by atoms with E-state index in [0.29, 0.717) is 17.3 Å². The summed E-state index contributed by atoms with van der Waals surface area (Å²) in [7, 11) is 0. The molecule has 0 aromatic carbocycles. The van der Waals surface area contributed by atoms with Crippen LogP contribution >= 0.6 is 0 Å². The van der Waals surface area contributed by atoms with E-state index in [9.17, 15) is 4.79 Å². The Morgan fingerprint density at radius 2 is 2.14 bits per heavy atom. The number of H-pyrrole nitrogens is 1. The second-order valence-corrected chi connectivity index (χ2v) is 6.34. The van der Waals surface area contributed by atoms with Crippen LogP contribution < -0.4 is 10.9 Å². The largest absolute Gasteiger partial charge is 0.315 e. The van der Waals surface area contributed by atoms with Gasteiger partial charge in [0.1, 0.15) is 11.2 Å². The summed E-state index contributed by atoms with van der Waals surface area (Å²) in [5.74, 6) is 1.50. The molecule has 2 aromatic rings. The van der Waals surface area contributed by atoms with E-state index in [1.54, 1.807) is 6.20 Å². The Balaban J connectivity index is 1.72. The zero-order valence-corrected chi connectivity index (χ0v) is 12.1. The van der Waals surface area contributed by atoms with Crippen molar-refractivity contribution in [1.29, 1.82) is 0 Å². The number of fused-ring (bicyclic) bond motifs is 1. The molecule has 1 saturated carbocycles. The van der Waals surface area contributed by atoms with E-state index < -0.39 is 0 Å². The van der Waals surface area contributed by atoms with Crippen molar-refractivity contribution >= 4 is 11.0 Å². The van der Waals surface area contributed by atoms with E-state index in [1.165, 1.54) is 25.7 Å². The maximum Gasteiger partial charge on any atom is 0.262 e. The van der Waals surface area contributed by atoms with E-state index in [1.807, 2.05) is 4.68 Å². The number of hydrogen-bond acceptors (Lipinski definition) is 4. The van der Waals surface area contributed by atoms with Gasteiger partial charge in [-0.1, -0.05) is 25.7 Å². The molecule has 0 radical (unpaired) electrons. The minimum absolute atomic E-state index is 0.0507. The van der Waals surface area contributed by atoms with Crippen LogP contribution in [0, 0.1) is 5.92 Å². The van der Waals surface area contributed by atoms with Crippen molar-refractivity contribution in [3.63, 3.8) is 0 Å². The summed E-state index contributed by atoms with van der Waals surface area (Å²) in [6, 6.07) is 0.316. The highest BCUT2D eigenvalue weighted by Gasteiger charge is 2.22. The van der Waals surface area contributed by atoms with Crippen molar-refractivity contribution in [2.45, 2.75) is 44.6 Å². The zero-order chi connectivity index (χ0) is 14.2. The molecule has 1 atom stereocenters. The van der Waals surface area contributed by atoms with Crippen LogP contribution in [0.4, 0.5) is 0 Å². The summed E-state index contributed by atoms with van der Waals surface area (Å²) in [5, 5.41) is 8.35. The van der Waals surface area contributed by atoms with Gasteiger partial charge in [-0.15, -0.1) is 0 Å². The van der Waals surface area contributed by atoms with Crippen molar-refractivity contribution in [3.05, 3.63) is 22.4 Å². The number of nitrogens with zero attached hydrogens (tertiary/aromatic N) is 3. The molecule has 0 amide bonds. The lowest BCUT2D eigenvalue weighted by molar-refractivity contribution is 0.499. The fourth-order valence-electron chi connectivity index (χ4n) is 3.68. The molecule has 0 bridgehead atoms. The zero-order valence-electron chi connectivity index (χ0n) is 12.1. The smallest absolute Gasteiger partial charge is 0.262 e. The number of aromatic amines is 1. The SMILES string of the molecule is O=c1[nH]c(CC2CCCC2)nc2c1cnn2C1CCNC1. The number of rotatable bonds is 3. The molecule has 2 fully saturated rings. The molecule has 2 aromatic heterocycles. The first kappa shape index (κ1) is 13.0. The number of aromatic nitrogens is 4. The Labute approximate surface area is 123 Å². The molecule has 1 unspecified atom stereocenters. The minimum atomic E-state index is -0.0507. The fraction of sp³-hybridized carbons (Fsp3) is 0.667. The molecule has 1 saturated heterocycles. The quantitative estimate of drug-likeness (QED) is 0.894. The summed E-state index contributed by atoms with van der Waals surface area (Å²) in [5.41, 5.74) is 0.700. The third-order valence-corrected chi connectivity index (χ3v) is 4.85. The van der Waals surface area contributed by atoms with Gasteiger partial charge in [0.15, 0.2) is 5.65 Å². The number of nitrogens with one attached hydrogen (secondary N) is 2. The van der Waals surface area contributed by atoms with Crippen LogP contribution in [0.2, 0.25) is 0 Å². The maximum atomic E-state index is 12.2. The minimum Gasteiger partial charge on any atom is -0.315 e. The summed E-state index contributed by atoms with van der Waals surface area (Å²) in [6.07, 6.45) is 8.72. The predicted molar refractivity (Wildman–Crippen MR) is 80.3 cm³/mol. The predicted octanol–water partition coefficient (Wildman–Crippen LogP) is 1.39. The summed E-state index contributed by atoms with van der Waals surface area (Å²) >= 11 is 0.